The second-order valence-corrected chi connectivity index (χ2v) is 9.02. The fourth-order valence-corrected chi connectivity index (χ4v) is 4.54. The number of fused-ring (bicyclic) bond motifs is 1. The molecule has 32 heavy (non-hydrogen) atoms. The molecule has 3 heterocycles. The lowest BCUT2D eigenvalue weighted by Gasteiger charge is -2.29. The number of allylic oxidation sites excluding steroid dienone is 2. The molecule has 1 aromatic carbocycles. The number of nitrogens with zero attached hydrogens (tertiary/aromatic N) is 4. The van der Waals surface area contributed by atoms with E-state index in [2.05, 4.69) is 14.7 Å². The normalized spacial score (nSPS) is 17.7. The van der Waals surface area contributed by atoms with Crippen LogP contribution in [0, 0.1) is 0 Å². The van der Waals surface area contributed by atoms with Gasteiger partial charge in [0.25, 0.3) is 15.9 Å². The number of hydrogen-bond acceptors (Lipinski definition) is 7. The van der Waals surface area contributed by atoms with E-state index in [4.69, 9.17) is 9.47 Å². The van der Waals surface area contributed by atoms with Gasteiger partial charge in [0.1, 0.15) is 23.4 Å². The summed E-state index contributed by atoms with van der Waals surface area (Å²) < 4.78 is 40.5. The number of ether oxygens (including phenoxy) is 2. The molecule has 0 saturated heterocycles. The zero-order valence-corrected chi connectivity index (χ0v) is 18.7. The van der Waals surface area contributed by atoms with Crippen molar-refractivity contribution in [1.82, 2.24) is 19.8 Å². The first-order valence-corrected chi connectivity index (χ1v) is 11.4. The van der Waals surface area contributed by atoms with E-state index >= 15 is 0 Å². The molecule has 1 unspecified atom stereocenters. The number of amides is 1. The average Bonchev–Trinajstić information content (AvgIpc) is 3.21. The Morgan fingerprint density at radius 3 is 2.53 bits per heavy atom. The highest BCUT2D eigenvalue weighted by Gasteiger charge is 2.32. The number of imidazole rings is 1. The molecule has 0 radical (unpaired) electrons. The van der Waals surface area contributed by atoms with Crippen LogP contribution in [0.25, 0.3) is 0 Å². The first-order valence-electron chi connectivity index (χ1n) is 9.80. The summed E-state index contributed by atoms with van der Waals surface area (Å²) in [6.45, 7) is 0.234. The number of rotatable bonds is 6. The van der Waals surface area contributed by atoms with Gasteiger partial charge in [-0.1, -0.05) is 0 Å². The summed E-state index contributed by atoms with van der Waals surface area (Å²) in [4.78, 5) is 19.4. The van der Waals surface area contributed by atoms with E-state index in [9.17, 15) is 13.2 Å². The first kappa shape index (κ1) is 21.6. The van der Waals surface area contributed by atoms with Crippen molar-refractivity contribution in [3.8, 4) is 11.5 Å². The highest BCUT2D eigenvalue weighted by atomic mass is 32.2. The molecule has 0 fully saturated rings. The fourth-order valence-electron chi connectivity index (χ4n) is 3.55. The molecule has 1 atom stereocenters. The third-order valence-electron chi connectivity index (χ3n) is 5.20. The summed E-state index contributed by atoms with van der Waals surface area (Å²) in [5.41, 5.74) is 0.843. The van der Waals surface area contributed by atoms with E-state index in [1.165, 1.54) is 0 Å². The van der Waals surface area contributed by atoms with Crippen LogP contribution < -0.4 is 14.8 Å². The van der Waals surface area contributed by atoms with E-state index in [1.807, 2.05) is 7.05 Å². The van der Waals surface area contributed by atoms with E-state index in [-0.39, 0.29) is 23.7 Å². The number of hydrogen-bond donors (Lipinski definition) is 1. The number of nitrogens with one attached hydrogen (secondary N) is 1. The van der Waals surface area contributed by atoms with Gasteiger partial charge in [0, 0.05) is 38.3 Å². The standard InChI is InChI=1S/C21H23N5O5S/c1-25-8-6-22-20(25)18(14-11-15(30-2)13-16(12-14)31-3)23-21(27)17-5-4-7-26-9-10-32(28,29)24-19(17)26/h4-8,11-13,18H,9-10H2,1-3H3,(H,23,27). The van der Waals surface area contributed by atoms with Crippen molar-refractivity contribution in [2.75, 3.05) is 26.5 Å². The number of aryl methyl sites for hydroxylation is 1. The zero-order chi connectivity index (χ0) is 22.9. The lowest BCUT2D eigenvalue weighted by Crippen LogP contribution is -2.43. The Bertz CT molecular complexity index is 1220. The minimum atomic E-state index is -3.63. The van der Waals surface area contributed by atoms with Crippen LogP contribution in [0.15, 0.2) is 58.9 Å². The van der Waals surface area contributed by atoms with Crippen molar-refractivity contribution < 1.29 is 22.7 Å². The van der Waals surface area contributed by atoms with Crippen LogP contribution in [0.3, 0.4) is 0 Å². The van der Waals surface area contributed by atoms with Crippen molar-refractivity contribution in [3.63, 3.8) is 0 Å². The summed E-state index contributed by atoms with van der Waals surface area (Å²) in [7, 11) is 1.28. The molecular formula is C21H23N5O5S. The van der Waals surface area contributed by atoms with Gasteiger partial charge in [-0.05, 0) is 29.8 Å². The molecule has 0 spiro atoms. The molecule has 0 bridgehead atoms. The number of amidine groups is 1. The molecule has 0 aliphatic carbocycles. The SMILES string of the molecule is COc1cc(OC)cc(C(NC(=O)C2=CC=CN3CCS(=O)(=O)N=C23)c2nccn2C)c1. The van der Waals surface area contributed by atoms with Crippen LogP contribution in [-0.4, -0.2) is 61.1 Å². The maximum absolute atomic E-state index is 13.3. The third-order valence-corrected chi connectivity index (χ3v) is 6.35. The first-order chi connectivity index (χ1) is 15.3. The van der Waals surface area contributed by atoms with Crippen LogP contribution in [0.5, 0.6) is 11.5 Å². The van der Waals surface area contributed by atoms with E-state index < -0.39 is 22.0 Å². The predicted octanol–water partition coefficient (Wildman–Crippen LogP) is 1.14. The molecule has 2 aliphatic rings. The molecule has 2 aliphatic heterocycles. The molecule has 168 valence electrons. The topological polar surface area (TPSA) is 115 Å². The lowest BCUT2D eigenvalue weighted by atomic mass is 10.0. The van der Waals surface area contributed by atoms with Gasteiger partial charge in [-0.3, -0.25) is 4.79 Å². The van der Waals surface area contributed by atoms with Crippen molar-refractivity contribution in [2.45, 2.75) is 6.04 Å². The van der Waals surface area contributed by atoms with Crippen LogP contribution >= 0.6 is 0 Å². The summed E-state index contributed by atoms with van der Waals surface area (Å²) >= 11 is 0. The minimum absolute atomic E-state index is 0.102. The molecule has 2 aromatic rings. The van der Waals surface area contributed by atoms with Crippen molar-refractivity contribution in [3.05, 3.63) is 65.9 Å². The Balaban J connectivity index is 1.74. The average molecular weight is 458 g/mol. The van der Waals surface area contributed by atoms with Gasteiger partial charge in [-0.2, -0.15) is 0 Å². The Morgan fingerprint density at radius 1 is 1.19 bits per heavy atom. The highest BCUT2D eigenvalue weighted by molar-refractivity contribution is 7.90. The van der Waals surface area contributed by atoms with Gasteiger partial charge in [-0.25, -0.2) is 13.4 Å². The van der Waals surface area contributed by atoms with Crippen molar-refractivity contribution in [1.29, 1.82) is 0 Å². The van der Waals surface area contributed by atoms with Gasteiger partial charge in [-0.15, -0.1) is 4.40 Å². The van der Waals surface area contributed by atoms with Gasteiger partial charge < -0.3 is 24.3 Å². The summed E-state index contributed by atoms with van der Waals surface area (Å²) in [5.74, 6) is 1.22. The van der Waals surface area contributed by atoms with Crippen LogP contribution in [0.2, 0.25) is 0 Å². The number of methoxy groups -OCH3 is 2. The third kappa shape index (κ3) is 4.24. The smallest absolute Gasteiger partial charge is 0.256 e. The van der Waals surface area contributed by atoms with Crippen molar-refractivity contribution in [2.24, 2.45) is 11.4 Å². The van der Waals surface area contributed by atoms with Gasteiger partial charge in [0.15, 0.2) is 5.84 Å². The quantitative estimate of drug-likeness (QED) is 0.692. The zero-order valence-electron chi connectivity index (χ0n) is 17.8. The lowest BCUT2D eigenvalue weighted by molar-refractivity contribution is -0.117. The maximum atomic E-state index is 13.3. The predicted molar refractivity (Wildman–Crippen MR) is 118 cm³/mol. The summed E-state index contributed by atoms with van der Waals surface area (Å²) in [6.07, 6.45) is 8.35. The Hall–Kier alpha value is -3.60. The number of sulfonamides is 1. The number of aromatic nitrogens is 2. The van der Waals surface area contributed by atoms with E-state index in [0.717, 1.165) is 0 Å². The monoisotopic (exact) mass is 457 g/mol. The van der Waals surface area contributed by atoms with Crippen molar-refractivity contribution >= 4 is 21.8 Å². The molecular weight excluding hydrogens is 434 g/mol. The second-order valence-electron chi connectivity index (χ2n) is 7.27. The van der Waals surface area contributed by atoms with Gasteiger partial charge >= 0.3 is 0 Å². The summed E-state index contributed by atoms with van der Waals surface area (Å²) in [6, 6.07) is 4.64. The molecule has 11 heteroatoms. The second kappa shape index (κ2) is 8.50. The van der Waals surface area contributed by atoms with Crippen LogP contribution in [0.1, 0.15) is 17.4 Å². The van der Waals surface area contributed by atoms with Crippen LogP contribution in [-0.2, 0) is 21.9 Å². The van der Waals surface area contributed by atoms with Crippen LogP contribution in [0.4, 0.5) is 0 Å². The van der Waals surface area contributed by atoms with E-state index in [1.54, 1.807) is 72.6 Å². The summed E-state index contributed by atoms with van der Waals surface area (Å²) in [5, 5.41) is 2.97. The molecule has 1 amide bonds. The largest absolute Gasteiger partial charge is 0.497 e. The minimum Gasteiger partial charge on any atom is -0.497 e. The molecule has 10 nitrogen and oxygen atoms in total. The molecule has 4 rings (SSSR count). The molecule has 1 aromatic heterocycles. The number of carbonyl (C=O) groups excluding carboxylic acids is 1. The Kier molecular flexibility index (Phi) is 5.74. The fraction of sp³-hybridized carbons (Fsp3) is 0.286. The molecule has 1 N–H and O–H groups in total. The number of benzene rings is 1. The highest BCUT2D eigenvalue weighted by Crippen LogP contribution is 2.30. The van der Waals surface area contributed by atoms with Gasteiger partial charge in [0.05, 0.1) is 25.5 Å². The van der Waals surface area contributed by atoms with Gasteiger partial charge in [0.2, 0.25) is 0 Å². The van der Waals surface area contributed by atoms with E-state index in [0.29, 0.717) is 22.9 Å². The maximum Gasteiger partial charge on any atom is 0.256 e. The Labute approximate surface area is 185 Å². The molecule has 0 saturated carbocycles. The Morgan fingerprint density at radius 2 is 1.91 bits per heavy atom. The number of carbonyl (C=O) groups is 1.